The Morgan fingerprint density at radius 3 is 1.72 bits per heavy atom. The van der Waals surface area contributed by atoms with Gasteiger partial charge in [0, 0.05) is 65.2 Å². The number of aromatic nitrogens is 2. The van der Waals surface area contributed by atoms with Gasteiger partial charge in [-0.1, -0.05) is 71.7 Å². The van der Waals surface area contributed by atoms with E-state index < -0.39 is 5.92 Å². The lowest BCUT2D eigenvalue weighted by Gasteiger charge is -2.16. The van der Waals surface area contributed by atoms with Gasteiger partial charge in [0.25, 0.3) is 0 Å². The first-order chi connectivity index (χ1) is 24.2. The molecule has 4 aromatic rings. The number of aryl methyl sites for hydroxylation is 1. The molecule has 4 heterocycles. The minimum atomic E-state index is -0.400. The lowest BCUT2D eigenvalue weighted by molar-refractivity contribution is -0.127. The van der Waals surface area contributed by atoms with Crippen LogP contribution < -0.4 is 25.4 Å². The maximum atomic E-state index is 11.9. The molecule has 11 nitrogen and oxygen atoms in total. The summed E-state index contributed by atoms with van der Waals surface area (Å²) in [6.45, 7) is 0.750. The van der Waals surface area contributed by atoms with Gasteiger partial charge < -0.3 is 14.8 Å². The Balaban J connectivity index is 1.20. The van der Waals surface area contributed by atoms with E-state index in [9.17, 15) is 19.2 Å². The Morgan fingerprint density at radius 2 is 1.20 bits per heavy atom. The molecule has 3 N–H and O–H groups in total. The molecule has 0 bridgehead atoms. The minimum absolute atomic E-state index is 0.175. The molecular weight excluding hydrogens is 681 g/mol. The number of methoxy groups -OCH3 is 2. The molecule has 4 amide bonds. The van der Waals surface area contributed by atoms with Gasteiger partial charge in [0.15, 0.2) is 0 Å². The van der Waals surface area contributed by atoms with Crippen LogP contribution in [-0.4, -0.2) is 54.4 Å². The lowest BCUT2D eigenvalue weighted by Crippen LogP contribution is -2.29. The van der Waals surface area contributed by atoms with Crippen LogP contribution in [-0.2, 0) is 32.1 Å². The van der Waals surface area contributed by atoms with E-state index in [0.29, 0.717) is 87.8 Å². The van der Waals surface area contributed by atoms with Gasteiger partial charge in [-0.25, -0.2) is 9.97 Å². The predicted molar refractivity (Wildman–Crippen MR) is 189 cm³/mol. The topological polar surface area (TPSA) is 149 Å². The Hall–Kier alpha value is -4.84. The van der Waals surface area contributed by atoms with Crippen LogP contribution in [0.5, 0.6) is 11.8 Å². The van der Waals surface area contributed by atoms with Crippen molar-refractivity contribution in [3.8, 4) is 45.4 Å². The molecule has 0 spiro atoms. The van der Waals surface area contributed by atoms with Crippen LogP contribution in [0.1, 0.15) is 36.8 Å². The largest absolute Gasteiger partial charge is 0.481 e. The molecule has 2 aliphatic heterocycles. The highest BCUT2D eigenvalue weighted by atomic mass is 35.5. The van der Waals surface area contributed by atoms with Gasteiger partial charge in [0.1, 0.15) is 0 Å². The monoisotopic (exact) mass is 715 g/mol. The number of nitrogens with zero attached hydrogens (tertiary/aromatic N) is 2. The van der Waals surface area contributed by atoms with E-state index in [1.807, 2.05) is 60.7 Å². The van der Waals surface area contributed by atoms with E-state index in [-0.39, 0.29) is 42.4 Å². The van der Waals surface area contributed by atoms with E-state index in [1.54, 1.807) is 7.11 Å². The molecule has 2 aromatic heterocycles. The van der Waals surface area contributed by atoms with Crippen molar-refractivity contribution in [2.24, 2.45) is 11.8 Å². The molecule has 6 rings (SSSR count). The van der Waals surface area contributed by atoms with E-state index in [1.165, 1.54) is 7.11 Å². The number of hydrogen-bond donors (Lipinski definition) is 3. The van der Waals surface area contributed by atoms with Crippen molar-refractivity contribution in [2.45, 2.75) is 38.6 Å². The smallest absolute Gasteiger partial charge is 0.231 e. The van der Waals surface area contributed by atoms with Crippen molar-refractivity contribution < 1.29 is 28.7 Å². The molecule has 2 saturated heterocycles. The summed E-state index contributed by atoms with van der Waals surface area (Å²) in [6.07, 6.45) is 2.36. The Labute approximate surface area is 299 Å². The summed E-state index contributed by atoms with van der Waals surface area (Å²) >= 11 is 14.1. The van der Waals surface area contributed by atoms with E-state index in [2.05, 4.69) is 16.0 Å². The third-order valence-electron chi connectivity index (χ3n) is 8.94. The Kier molecular flexibility index (Phi) is 10.8. The number of hydrogen-bond acceptors (Lipinski definition) is 9. The summed E-state index contributed by atoms with van der Waals surface area (Å²) in [5, 5.41) is 8.83. The number of carbonyl (C=O) groups excluding carboxylic acids is 4. The SMILES string of the molecule is COc1nc(-c2cccc(-c3cccc(-c4ccc(CNCC5CC(=O)NC5=O)c(OC)n4)c3Cl)c2Cl)ccc1CCCC1CC(=O)NC1=O. The maximum absolute atomic E-state index is 11.9. The normalized spacial score (nSPS) is 17.2. The fourth-order valence-corrected chi connectivity index (χ4v) is 6.97. The molecule has 13 heteroatoms. The maximum Gasteiger partial charge on any atom is 0.231 e. The molecule has 0 radical (unpaired) electrons. The van der Waals surface area contributed by atoms with Crippen molar-refractivity contribution >= 4 is 46.8 Å². The third kappa shape index (κ3) is 7.50. The van der Waals surface area contributed by atoms with Crippen molar-refractivity contribution in [2.75, 3.05) is 20.8 Å². The number of amides is 4. The van der Waals surface area contributed by atoms with Crippen LogP contribution in [0.4, 0.5) is 0 Å². The molecule has 2 aromatic carbocycles. The van der Waals surface area contributed by atoms with Crippen LogP contribution in [0.15, 0.2) is 60.7 Å². The first-order valence-electron chi connectivity index (χ1n) is 16.2. The highest BCUT2D eigenvalue weighted by molar-refractivity contribution is 6.39. The van der Waals surface area contributed by atoms with Crippen molar-refractivity contribution in [1.82, 2.24) is 25.9 Å². The number of carbonyl (C=O) groups is 4. The quantitative estimate of drug-likeness (QED) is 0.152. The van der Waals surface area contributed by atoms with E-state index in [4.69, 9.17) is 42.6 Å². The van der Waals surface area contributed by atoms with Crippen molar-refractivity contribution in [3.63, 3.8) is 0 Å². The minimum Gasteiger partial charge on any atom is -0.481 e. The number of ether oxygens (including phenoxy) is 2. The second kappa shape index (κ2) is 15.4. The number of nitrogens with one attached hydrogen (secondary N) is 3. The Bertz CT molecular complexity index is 1850. The van der Waals surface area contributed by atoms with Crippen LogP contribution >= 0.6 is 23.2 Å². The highest BCUT2D eigenvalue weighted by Crippen LogP contribution is 2.42. The number of imide groups is 2. The fourth-order valence-electron chi connectivity index (χ4n) is 6.32. The first-order valence-corrected chi connectivity index (χ1v) is 17.0. The van der Waals surface area contributed by atoms with Crippen LogP contribution in [0.25, 0.3) is 33.6 Å². The van der Waals surface area contributed by atoms with E-state index in [0.717, 1.165) is 11.1 Å². The van der Waals surface area contributed by atoms with Gasteiger partial charge in [-0.15, -0.1) is 0 Å². The molecular formula is C37H35Cl2N5O6. The number of pyridine rings is 2. The van der Waals surface area contributed by atoms with Gasteiger partial charge in [-0.3, -0.25) is 29.8 Å². The highest BCUT2D eigenvalue weighted by Gasteiger charge is 2.31. The second-order valence-electron chi connectivity index (χ2n) is 12.2. The average molecular weight is 717 g/mol. The van der Waals surface area contributed by atoms with Gasteiger partial charge >= 0.3 is 0 Å². The summed E-state index contributed by atoms with van der Waals surface area (Å²) < 4.78 is 11.2. The van der Waals surface area contributed by atoms with Gasteiger partial charge in [-0.2, -0.15) is 0 Å². The van der Waals surface area contributed by atoms with Gasteiger partial charge in [0.05, 0.1) is 41.6 Å². The number of benzene rings is 2. The second-order valence-corrected chi connectivity index (χ2v) is 13.0. The molecule has 2 atom stereocenters. The summed E-state index contributed by atoms with van der Waals surface area (Å²) in [4.78, 5) is 56.3. The molecule has 50 heavy (non-hydrogen) atoms. The van der Waals surface area contributed by atoms with Gasteiger partial charge in [-0.05, 0) is 31.4 Å². The summed E-state index contributed by atoms with van der Waals surface area (Å²) in [5.41, 5.74) is 5.73. The van der Waals surface area contributed by atoms with E-state index >= 15 is 0 Å². The average Bonchev–Trinajstić information content (AvgIpc) is 3.61. The van der Waals surface area contributed by atoms with Crippen molar-refractivity contribution in [3.05, 3.63) is 81.8 Å². The zero-order valence-corrected chi connectivity index (χ0v) is 29.0. The summed E-state index contributed by atoms with van der Waals surface area (Å²) in [7, 11) is 3.10. The summed E-state index contributed by atoms with van der Waals surface area (Å²) in [5.74, 6) is -0.771. The molecule has 0 aliphatic carbocycles. The molecule has 258 valence electrons. The van der Waals surface area contributed by atoms with Crippen LogP contribution in [0.2, 0.25) is 10.0 Å². The zero-order valence-electron chi connectivity index (χ0n) is 27.5. The number of rotatable bonds is 13. The van der Waals surface area contributed by atoms with Crippen LogP contribution in [0, 0.1) is 11.8 Å². The fraction of sp³-hybridized carbons (Fsp3) is 0.297. The molecule has 2 unspecified atom stereocenters. The standard InChI is InChI=1S/C37H35Cl2N5O6/c1-49-36-20(6-3-7-21-16-30(45)43-34(21)47)12-14-28(41-36)26-10-4-8-24(32(26)38)25-9-5-11-27(33(25)39)29-15-13-22(37(42-29)50-2)18-40-19-23-17-31(46)44-35(23)48/h4-5,8-15,21,23,40H,3,6-7,16-19H2,1-2H3,(H,43,45,47)(H,44,46,48). The molecule has 2 fully saturated rings. The summed E-state index contributed by atoms with van der Waals surface area (Å²) in [6, 6.07) is 18.9. The predicted octanol–water partition coefficient (Wildman–Crippen LogP) is 5.54. The zero-order chi connectivity index (χ0) is 35.4. The Morgan fingerprint density at radius 1 is 0.700 bits per heavy atom. The van der Waals surface area contributed by atoms with Crippen LogP contribution in [0.3, 0.4) is 0 Å². The molecule has 2 aliphatic rings. The number of halogens is 2. The lowest BCUT2D eigenvalue weighted by atomic mass is 9.97. The first kappa shape index (κ1) is 35.0. The van der Waals surface area contributed by atoms with Gasteiger partial charge in [0.2, 0.25) is 35.4 Å². The third-order valence-corrected chi connectivity index (χ3v) is 9.75. The van der Waals surface area contributed by atoms with Crippen molar-refractivity contribution in [1.29, 1.82) is 0 Å². The molecule has 0 saturated carbocycles.